The van der Waals surface area contributed by atoms with E-state index in [0.29, 0.717) is 37.5 Å². The van der Waals surface area contributed by atoms with Gasteiger partial charge in [0.2, 0.25) is 11.8 Å². The summed E-state index contributed by atoms with van der Waals surface area (Å²) in [7, 11) is 1.62. The molecule has 0 bridgehead atoms. The van der Waals surface area contributed by atoms with Crippen molar-refractivity contribution in [3.63, 3.8) is 0 Å². The molecule has 0 aliphatic carbocycles. The molecule has 0 saturated carbocycles. The van der Waals surface area contributed by atoms with Crippen LogP contribution in [-0.2, 0) is 22.6 Å². The number of carbonyl (C=O) groups is 3. The first kappa shape index (κ1) is 16.0. The highest BCUT2D eigenvalue weighted by molar-refractivity contribution is 7.14. The van der Waals surface area contributed by atoms with E-state index in [1.165, 1.54) is 16.2 Å². The van der Waals surface area contributed by atoms with Crippen LogP contribution in [0.2, 0.25) is 0 Å². The predicted octanol–water partition coefficient (Wildman–Crippen LogP) is 0.861. The van der Waals surface area contributed by atoms with E-state index in [4.69, 9.17) is 0 Å². The predicted molar refractivity (Wildman–Crippen MR) is 87.2 cm³/mol. The van der Waals surface area contributed by atoms with Crippen LogP contribution in [0.25, 0.3) is 0 Å². The van der Waals surface area contributed by atoms with E-state index in [1.54, 1.807) is 11.9 Å². The van der Waals surface area contributed by atoms with Crippen LogP contribution in [-0.4, -0.2) is 54.2 Å². The molecule has 1 fully saturated rings. The second-order valence-corrected chi connectivity index (χ2v) is 7.12. The fourth-order valence-corrected chi connectivity index (χ4v) is 4.37. The van der Waals surface area contributed by atoms with Crippen molar-refractivity contribution >= 4 is 29.1 Å². The third-order valence-corrected chi connectivity index (χ3v) is 5.81. The van der Waals surface area contributed by atoms with Gasteiger partial charge in [0.25, 0.3) is 5.91 Å². The van der Waals surface area contributed by atoms with Gasteiger partial charge in [-0.25, -0.2) is 0 Å². The minimum absolute atomic E-state index is 0.0626. The molecule has 1 unspecified atom stereocenters. The van der Waals surface area contributed by atoms with Crippen molar-refractivity contribution in [3.05, 3.63) is 21.4 Å². The van der Waals surface area contributed by atoms with E-state index in [0.717, 1.165) is 12.0 Å². The SMILES string of the molecule is CCN1CC(C(=O)N2CCc3sc(C(=O)NC)cc3C2)CC1=O. The zero-order valence-electron chi connectivity index (χ0n) is 13.4. The summed E-state index contributed by atoms with van der Waals surface area (Å²) in [5, 5.41) is 2.63. The summed E-state index contributed by atoms with van der Waals surface area (Å²) < 4.78 is 0. The molecule has 124 valence electrons. The smallest absolute Gasteiger partial charge is 0.261 e. The van der Waals surface area contributed by atoms with Crippen LogP contribution in [0.15, 0.2) is 6.07 Å². The van der Waals surface area contributed by atoms with E-state index >= 15 is 0 Å². The molecule has 1 N–H and O–H groups in total. The minimum atomic E-state index is -0.221. The molecule has 1 atom stereocenters. The van der Waals surface area contributed by atoms with Gasteiger partial charge in [-0.05, 0) is 25.0 Å². The van der Waals surface area contributed by atoms with Gasteiger partial charge in [-0.3, -0.25) is 14.4 Å². The summed E-state index contributed by atoms with van der Waals surface area (Å²) in [5.74, 6) is -0.170. The quantitative estimate of drug-likeness (QED) is 0.891. The molecule has 2 aliphatic heterocycles. The molecule has 2 aliphatic rings. The molecule has 1 aromatic rings. The van der Waals surface area contributed by atoms with Crippen LogP contribution < -0.4 is 5.32 Å². The maximum Gasteiger partial charge on any atom is 0.261 e. The van der Waals surface area contributed by atoms with Crippen LogP contribution >= 0.6 is 11.3 Å². The van der Waals surface area contributed by atoms with Gasteiger partial charge in [-0.15, -0.1) is 11.3 Å². The normalized spacial score (nSPS) is 20.6. The van der Waals surface area contributed by atoms with Gasteiger partial charge >= 0.3 is 0 Å². The Bertz CT molecular complexity index is 655. The third-order valence-electron chi connectivity index (χ3n) is 4.57. The lowest BCUT2D eigenvalue weighted by molar-refractivity contribution is -0.136. The highest BCUT2D eigenvalue weighted by atomic mass is 32.1. The molecule has 3 heterocycles. The van der Waals surface area contributed by atoms with Gasteiger partial charge in [0, 0.05) is 44.5 Å². The first-order valence-electron chi connectivity index (χ1n) is 7.93. The standard InChI is InChI=1S/C16H21N3O3S/c1-3-18-9-11(7-14(18)20)16(22)19-5-4-12-10(8-19)6-13(23-12)15(21)17-2/h6,11H,3-5,7-9H2,1-2H3,(H,17,21). The van der Waals surface area contributed by atoms with E-state index in [1.807, 2.05) is 17.9 Å². The number of nitrogens with one attached hydrogen (secondary N) is 1. The molecule has 0 spiro atoms. The summed E-state index contributed by atoms with van der Waals surface area (Å²) in [6.45, 7) is 4.33. The molecular formula is C16H21N3O3S. The molecule has 0 aromatic carbocycles. The number of nitrogens with zero attached hydrogens (tertiary/aromatic N) is 2. The lowest BCUT2D eigenvalue weighted by Gasteiger charge is -2.29. The molecule has 7 heteroatoms. The number of thiophene rings is 1. The van der Waals surface area contributed by atoms with Crippen molar-refractivity contribution in [1.29, 1.82) is 0 Å². The van der Waals surface area contributed by atoms with Crippen molar-refractivity contribution in [3.8, 4) is 0 Å². The van der Waals surface area contributed by atoms with E-state index in [9.17, 15) is 14.4 Å². The van der Waals surface area contributed by atoms with Gasteiger partial charge in [-0.2, -0.15) is 0 Å². The van der Waals surface area contributed by atoms with Crippen LogP contribution in [0.4, 0.5) is 0 Å². The fraction of sp³-hybridized carbons (Fsp3) is 0.562. The zero-order valence-corrected chi connectivity index (χ0v) is 14.2. The number of hydrogen-bond acceptors (Lipinski definition) is 4. The first-order valence-corrected chi connectivity index (χ1v) is 8.75. The Morgan fingerprint density at radius 1 is 1.43 bits per heavy atom. The van der Waals surface area contributed by atoms with E-state index in [2.05, 4.69) is 5.32 Å². The molecule has 3 amide bonds. The van der Waals surface area contributed by atoms with Crippen molar-refractivity contribution in [1.82, 2.24) is 15.1 Å². The van der Waals surface area contributed by atoms with E-state index in [-0.39, 0.29) is 23.6 Å². The molecule has 6 nitrogen and oxygen atoms in total. The second kappa shape index (κ2) is 6.31. The van der Waals surface area contributed by atoms with Crippen LogP contribution in [0.3, 0.4) is 0 Å². The number of likely N-dealkylation sites (tertiary alicyclic amines) is 1. The van der Waals surface area contributed by atoms with E-state index < -0.39 is 0 Å². The molecule has 23 heavy (non-hydrogen) atoms. The van der Waals surface area contributed by atoms with Gasteiger partial charge in [0.15, 0.2) is 0 Å². The number of carbonyl (C=O) groups excluding carboxylic acids is 3. The molecule has 1 aromatic heterocycles. The minimum Gasteiger partial charge on any atom is -0.354 e. The summed E-state index contributed by atoms with van der Waals surface area (Å²) in [5.41, 5.74) is 1.06. The van der Waals surface area contributed by atoms with Crippen LogP contribution in [0.5, 0.6) is 0 Å². The summed E-state index contributed by atoms with van der Waals surface area (Å²) in [6.07, 6.45) is 1.10. The maximum atomic E-state index is 12.7. The molecule has 1 saturated heterocycles. The Labute approximate surface area is 139 Å². The Balaban J connectivity index is 1.69. The Kier molecular flexibility index (Phi) is 4.39. The lowest BCUT2D eigenvalue weighted by atomic mass is 10.0. The lowest BCUT2D eigenvalue weighted by Crippen LogP contribution is -2.40. The number of fused-ring (bicyclic) bond motifs is 1. The average molecular weight is 335 g/mol. The summed E-state index contributed by atoms with van der Waals surface area (Å²) in [6, 6.07) is 1.89. The topological polar surface area (TPSA) is 69.7 Å². The maximum absolute atomic E-state index is 12.7. The Morgan fingerprint density at radius 2 is 2.22 bits per heavy atom. The molecule has 0 radical (unpaired) electrons. The number of amides is 3. The highest BCUT2D eigenvalue weighted by Crippen LogP contribution is 2.30. The van der Waals surface area contributed by atoms with Crippen molar-refractivity contribution in [2.75, 3.05) is 26.7 Å². The average Bonchev–Trinajstić information content (AvgIpc) is 3.15. The van der Waals surface area contributed by atoms with Crippen molar-refractivity contribution in [2.45, 2.75) is 26.3 Å². The highest BCUT2D eigenvalue weighted by Gasteiger charge is 2.36. The van der Waals surface area contributed by atoms with Gasteiger partial charge < -0.3 is 15.1 Å². The molecule has 3 rings (SSSR count). The number of rotatable bonds is 3. The van der Waals surface area contributed by atoms with Gasteiger partial charge in [0.05, 0.1) is 10.8 Å². The first-order chi connectivity index (χ1) is 11.0. The Morgan fingerprint density at radius 3 is 2.87 bits per heavy atom. The van der Waals surface area contributed by atoms with Crippen molar-refractivity contribution in [2.24, 2.45) is 5.92 Å². The Hall–Kier alpha value is -1.89. The second-order valence-electron chi connectivity index (χ2n) is 5.98. The molecular weight excluding hydrogens is 314 g/mol. The number of hydrogen-bond donors (Lipinski definition) is 1. The van der Waals surface area contributed by atoms with Crippen LogP contribution in [0, 0.1) is 5.92 Å². The van der Waals surface area contributed by atoms with Crippen LogP contribution in [0.1, 0.15) is 33.5 Å². The third kappa shape index (κ3) is 2.97. The van der Waals surface area contributed by atoms with Crippen molar-refractivity contribution < 1.29 is 14.4 Å². The monoisotopic (exact) mass is 335 g/mol. The van der Waals surface area contributed by atoms with Gasteiger partial charge in [-0.1, -0.05) is 0 Å². The summed E-state index contributed by atoms with van der Waals surface area (Å²) >= 11 is 1.51. The van der Waals surface area contributed by atoms with Gasteiger partial charge in [0.1, 0.15) is 0 Å². The fourth-order valence-electron chi connectivity index (χ4n) is 3.26. The summed E-state index contributed by atoms with van der Waals surface area (Å²) in [4.78, 5) is 41.7. The zero-order chi connectivity index (χ0) is 16.6. The largest absolute Gasteiger partial charge is 0.354 e.